The molecule has 0 radical (unpaired) electrons. The second-order valence-electron chi connectivity index (χ2n) is 2.76. The van der Waals surface area contributed by atoms with Gasteiger partial charge in [0.25, 0.3) is 5.69 Å². The molecule has 0 heterocycles. The number of phenolic OH excluding ortho intramolecular Hbond substituents is 1. The molecule has 0 spiro atoms. The summed E-state index contributed by atoms with van der Waals surface area (Å²) < 4.78 is 0. The number of hydrogen-bond acceptors (Lipinski definition) is 4. The Hall–Kier alpha value is -2.35. The summed E-state index contributed by atoms with van der Waals surface area (Å²) in [7, 11) is 0. The van der Waals surface area contributed by atoms with E-state index in [4.69, 9.17) is 10.4 Å². The van der Waals surface area contributed by atoms with Gasteiger partial charge in [0.1, 0.15) is 5.75 Å². The van der Waals surface area contributed by atoms with E-state index < -0.39 is 4.92 Å². The van der Waals surface area contributed by atoms with Crippen molar-refractivity contribution in [2.24, 2.45) is 0 Å². The Morgan fingerprint density at radius 1 is 1.60 bits per heavy atom. The van der Waals surface area contributed by atoms with Gasteiger partial charge in [-0.1, -0.05) is 12.2 Å². The fraction of sp³-hybridized carbons (Fsp3) is 0.100. The Bertz CT molecular complexity index is 446. The average molecular weight is 204 g/mol. The molecule has 0 bridgehead atoms. The molecular formula is C10H8N2O3. The molecular weight excluding hydrogens is 196 g/mol. The van der Waals surface area contributed by atoms with Crippen molar-refractivity contribution in [1.29, 1.82) is 5.26 Å². The quantitative estimate of drug-likeness (QED) is 0.604. The van der Waals surface area contributed by atoms with Crippen LogP contribution in [0.25, 0.3) is 6.08 Å². The van der Waals surface area contributed by atoms with E-state index in [1.54, 1.807) is 0 Å². The predicted molar refractivity (Wildman–Crippen MR) is 54.0 cm³/mol. The first-order valence-corrected chi connectivity index (χ1v) is 4.16. The lowest BCUT2D eigenvalue weighted by atomic mass is 10.1. The van der Waals surface area contributed by atoms with E-state index >= 15 is 0 Å². The topological polar surface area (TPSA) is 87.2 Å². The zero-order chi connectivity index (χ0) is 11.3. The number of nitriles is 1. The highest BCUT2D eigenvalue weighted by molar-refractivity contribution is 5.62. The monoisotopic (exact) mass is 204 g/mol. The summed E-state index contributed by atoms with van der Waals surface area (Å²) in [5, 5.41) is 28.0. The number of allylic oxidation sites excluding steroid dienone is 1. The predicted octanol–water partition coefficient (Wildman–Crippen LogP) is 2.23. The molecule has 15 heavy (non-hydrogen) atoms. The van der Waals surface area contributed by atoms with Gasteiger partial charge in [0.05, 0.1) is 29.0 Å². The van der Waals surface area contributed by atoms with Crippen molar-refractivity contribution in [3.8, 4) is 11.8 Å². The normalized spacial score (nSPS) is 10.1. The van der Waals surface area contributed by atoms with Crippen LogP contribution in [0.15, 0.2) is 24.3 Å². The van der Waals surface area contributed by atoms with Gasteiger partial charge in [-0.15, -0.1) is 0 Å². The summed E-state index contributed by atoms with van der Waals surface area (Å²) in [5.41, 5.74) is 0.192. The Morgan fingerprint density at radius 2 is 2.33 bits per heavy atom. The van der Waals surface area contributed by atoms with Crippen molar-refractivity contribution in [3.63, 3.8) is 0 Å². The Balaban J connectivity index is 3.07. The van der Waals surface area contributed by atoms with Crippen LogP contribution in [0, 0.1) is 21.4 Å². The number of nitro groups is 1. The van der Waals surface area contributed by atoms with E-state index in [0.29, 0.717) is 5.56 Å². The summed E-state index contributed by atoms with van der Waals surface area (Å²) in [6.45, 7) is 0. The van der Waals surface area contributed by atoms with Crippen LogP contribution in [-0.2, 0) is 0 Å². The van der Waals surface area contributed by atoms with E-state index in [1.807, 2.05) is 6.07 Å². The third-order valence-electron chi connectivity index (χ3n) is 1.72. The average Bonchev–Trinajstić information content (AvgIpc) is 2.20. The van der Waals surface area contributed by atoms with E-state index in [2.05, 4.69) is 0 Å². The zero-order valence-corrected chi connectivity index (χ0v) is 7.75. The number of benzene rings is 1. The molecule has 0 saturated heterocycles. The van der Waals surface area contributed by atoms with Crippen LogP contribution in [-0.4, -0.2) is 10.0 Å². The molecule has 0 atom stereocenters. The fourth-order valence-electron chi connectivity index (χ4n) is 1.07. The van der Waals surface area contributed by atoms with Crippen molar-refractivity contribution in [2.75, 3.05) is 0 Å². The summed E-state index contributed by atoms with van der Waals surface area (Å²) in [6, 6.07) is 5.76. The van der Waals surface area contributed by atoms with Crippen molar-refractivity contribution in [3.05, 3.63) is 40.0 Å². The minimum Gasteiger partial charge on any atom is -0.508 e. The summed E-state index contributed by atoms with van der Waals surface area (Å²) >= 11 is 0. The number of nitrogens with zero attached hydrogens (tertiary/aromatic N) is 2. The fourth-order valence-corrected chi connectivity index (χ4v) is 1.07. The lowest BCUT2D eigenvalue weighted by Crippen LogP contribution is -1.90. The largest absolute Gasteiger partial charge is 0.508 e. The SMILES string of the molecule is N#CCC=Cc1ccc(O)cc1[N+](=O)[O-]. The van der Waals surface area contributed by atoms with E-state index in [-0.39, 0.29) is 17.9 Å². The molecule has 1 rings (SSSR count). The second-order valence-corrected chi connectivity index (χ2v) is 2.76. The van der Waals surface area contributed by atoms with E-state index in [1.165, 1.54) is 24.3 Å². The summed E-state index contributed by atoms with van der Waals surface area (Å²) in [5.74, 6) is -0.154. The first-order chi connectivity index (χ1) is 7.15. The van der Waals surface area contributed by atoms with Gasteiger partial charge in [-0.05, 0) is 12.1 Å². The van der Waals surface area contributed by atoms with Gasteiger partial charge in [-0.25, -0.2) is 0 Å². The summed E-state index contributed by atoms with van der Waals surface area (Å²) in [6.07, 6.45) is 3.21. The van der Waals surface area contributed by atoms with Crippen molar-refractivity contribution in [2.45, 2.75) is 6.42 Å². The van der Waals surface area contributed by atoms with Crippen molar-refractivity contribution in [1.82, 2.24) is 0 Å². The van der Waals surface area contributed by atoms with Crippen molar-refractivity contribution >= 4 is 11.8 Å². The number of nitro benzene ring substituents is 1. The first-order valence-electron chi connectivity index (χ1n) is 4.16. The zero-order valence-electron chi connectivity index (χ0n) is 7.75. The van der Waals surface area contributed by atoms with Crippen LogP contribution in [0.2, 0.25) is 0 Å². The number of hydrogen-bond donors (Lipinski definition) is 1. The Kier molecular flexibility index (Phi) is 3.41. The molecule has 0 fully saturated rings. The highest BCUT2D eigenvalue weighted by Gasteiger charge is 2.11. The molecule has 76 valence electrons. The standard InChI is InChI=1S/C10H8N2O3/c11-6-2-1-3-8-4-5-9(13)7-10(8)12(14)15/h1,3-5,7,13H,2H2. The molecule has 0 unspecified atom stereocenters. The minimum absolute atomic E-state index is 0.154. The molecule has 0 aromatic heterocycles. The van der Waals surface area contributed by atoms with Gasteiger partial charge in [-0.2, -0.15) is 5.26 Å². The maximum absolute atomic E-state index is 10.6. The third-order valence-corrected chi connectivity index (χ3v) is 1.72. The molecule has 0 saturated carbocycles. The van der Waals surface area contributed by atoms with Gasteiger partial charge in [0.15, 0.2) is 0 Å². The molecule has 0 amide bonds. The van der Waals surface area contributed by atoms with Gasteiger partial charge in [0.2, 0.25) is 0 Å². The smallest absolute Gasteiger partial charge is 0.280 e. The van der Waals surface area contributed by atoms with Gasteiger partial charge in [0, 0.05) is 0 Å². The third kappa shape index (κ3) is 2.81. The molecule has 0 aliphatic rings. The number of rotatable bonds is 3. The van der Waals surface area contributed by atoms with Crippen LogP contribution >= 0.6 is 0 Å². The van der Waals surface area contributed by atoms with Crippen LogP contribution in [0.1, 0.15) is 12.0 Å². The molecule has 1 aromatic carbocycles. The molecule has 1 aromatic rings. The van der Waals surface area contributed by atoms with Crippen LogP contribution < -0.4 is 0 Å². The molecule has 5 nitrogen and oxygen atoms in total. The molecule has 0 aliphatic carbocycles. The lowest BCUT2D eigenvalue weighted by Gasteiger charge is -1.97. The van der Waals surface area contributed by atoms with Gasteiger partial charge < -0.3 is 5.11 Å². The van der Waals surface area contributed by atoms with Crippen LogP contribution in [0.5, 0.6) is 5.75 Å². The second kappa shape index (κ2) is 4.77. The Morgan fingerprint density at radius 3 is 2.93 bits per heavy atom. The molecule has 5 heteroatoms. The van der Waals surface area contributed by atoms with Crippen LogP contribution in [0.4, 0.5) is 5.69 Å². The van der Waals surface area contributed by atoms with Crippen molar-refractivity contribution < 1.29 is 10.0 Å². The van der Waals surface area contributed by atoms with E-state index in [0.717, 1.165) is 6.07 Å². The highest BCUT2D eigenvalue weighted by Crippen LogP contribution is 2.24. The van der Waals surface area contributed by atoms with Gasteiger partial charge in [-0.3, -0.25) is 10.1 Å². The van der Waals surface area contributed by atoms with E-state index in [9.17, 15) is 10.1 Å². The maximum Gasteiger partial charge on any atom is 0.280 e. The number of aromatic hydroxyl groups is 1. The molecule has 0 aliphatic heterocycles. The number of phenols is 1. The molecule has 1 N–H and O–H groups in total. The highest BCUT2D eigenvalue weighted by atomic mass is 16.6. The summed E-state index contributed by atoms with van der Waals surface area (Å²) in [4.78, 5) is 10.0. The van der Waals surface area contributed by atoms with Gasteiger partial charge >= 0.3 is 0 Å². The Labute approximate surface area is 86.0 Å². The maximum atomic E-state index is 10.6. The lowest BCUT2D eigenvalue weighted by molar-refractivity contribution is -0.385. The van der Waals surface area contributed by atoms with Crippen LogP contribution in [0.3, 0.4) is 0 Å². The minimum atomic E-state index is -0.578. The first kappa shape index (κ1) is 10.7.